The minimum atomic E-state index is -1.99. The van der Waals surface area contributed by atoms with Gasteiger partial charge in [-0.2, -0.15) is 0 Å². The van der Waals surface area contributed by atoms with Gasteiger partial charge in [-0.3, -0.25) is 19.2 Å². The number of fused-ring (bicyclic) bond motifs is 1. The first kappa shape index (κ1) is 51.0. The van der Waals surface area contributed by atoms with Crippen molar-refractivity contribution < 1.29 is 57.5 Å². The second kappa shape index (κ2) is 21.8. The summed E-state index contributed by atoms with van der Waals surface area (Å²) in [6.07, 6.45) is 6.43. The van der Waals surface area contributed by atoms with Gasteiger partial charge in [-0.25, -0.2) is 14.2 Å². The van der Waals surface area contributed by atoms with Crippen LogP contribution in [0.15, 0.2) is 47.5 Å². The Kier molecular flexibility index (Phi) is 16.3. The number of allylic oxidation sites excluding steroid dienone is 3. The van der Waals surface area contributed by atoms with E-state index in [1.165, 1.54) is 16.2 Å². The topological polar surface area (TPSA) is 215 Å². The molecular weight excluding hydrogens is 898 g/mol. The number of aryl methyl sites for hydroxylation is 1. The molecule has 0 bridgehead atoms. The highest BCUT2D eigenvalue weighted by Gasteiger charge is 2.53. The number of amides is 4. The van der Waals surface area contributed by atoms with E-state index in [2.05, 4.69) is 53.0 Å². The van der Waals surface area contributed by atoms with Crippen LogP contribution in [0.2, 0.25) is 0 Å². The Morgan fingerprint density at radius 2 is 1.82 bits per heavy atom. The van der Waals surface area contributed by atoms with Crippen molar-refractivity contribution in [3.8, 4) is 16.2 Å². The Morgan fingerprint density at radius 1 is 1.04 bits per heavy atom. The molecule has 18 heteroatoms. The number of aromatic nitrogens is 1. The molecule has 5 N–H and O–H groups in total. The molecule has 1 aromatic heterocycles. The molecule has 3 aliphatic carbocycles. The van der Waals surface area contributed by atoms with Gasteiger partial charge in [-0.15, -0.1) is 11.3 Å². The highest BCUT2D eigenvalue weighted by Crippen LogP contribution is 2.45. The van der Waals surface area contributed by atoms with Gasteiger partial charge in [0.15, 0.2) is 5.67 Å². The Bertz CT molecular complexity index is 2220. The van der Waals surface area contributed by atoms with Crippen LogP contribution in [0.3, 0.4) is 0 Å². The normalized spacial score (nSPS) is 27.8. The number of thiazole rings is 1. The number of halogens is 1. The number of ether oxygens (including phenoxy) is 4. The van der Waals surface area contributed by atoms with Gasteiger partial charge in [0.25, 0.3) is 5.91 Å². The number of likely N-dealkylation sites (tertiary alicyclic amines) is 1. The van der Waals surface area contributed by atoms with E-state index in [4.69, 9.17) is 18.9 Å². The molecule has 1 saturated carbocycles. The summed E-state index contributed by atoms with van der Waals surface area (Å²) in [5.41, 5.74) is 2.50. The number of carbonyl (C=O) groups excluding carboxylic acids is 5. The largest absolute Gasteiger partial charge is 0.491 e. The zero-order chi connectivity index (χ0) is 48.9. The van der Waals surface area contributed by atoms with Gasteiger partial charge >= 0.3 is 12.1 Å². The highest BCUT2D eigenvalue weighted by molar-refractivity contribution is 7.13. The lowest BCUT2D eigenvalue weighted by atomic mass is 9.65. The number of hydrogen-bond acceptors (Lipinski definition) is 13. The molecule has 3 heterocycles. The molecule has 68 heavy (non-hydrogen) atoms. The average Bonchev–Trinajstić information content (AvgIpc) is 3.68. The number of rotatable bonds is 18. The minimum Gasteiger partial charge on any atom is -0.491 e. The standard InChI is InChI=1S/C50H68FN5O11S/c1-28-19-31-8-7-29(2)37(12-11-36-22-34(57)24-41(59)66-36)42(31)40(20-28)67-48(63)52-15-16-64-17-18-65-39-21-32(43-30(3)54-27-68-43)9-10-33(39)25-53-45(60)38-23-35(58)26-56(38)46(61)44(49(4,5)6)55-47(62)50(51)13-14-50/h7-10,19,21,27-29,34-38,40,42,44,57-58H,11-18,20,22-26H2,1-6H3,(H,52,63)(H,53,60)(H,55,62)/t28-,29-,34+,35+,36+,37-,38-,40-,42-,44+/m0/s1. The second-order valence-corrected chi connectivity index (χ2v) is 21.2. The third kappa shape index (κ3) is 12.6. The number of aliphatic hydroxyl groups excluding tert-OH is 2. The first-order chi connectivity index (χ1) is 32.3. The summed E-state index contributed by atoms with van der Waals surface area (Å²) < 4.78 is 38.4. The van der Waals surface area contributed by atoms with Crippen LogP contribution in [0, 0.1) is 36.0 Å². The average molecular weight is 966 g/mol. The van der Waals surface area contributed by atoms with Crippen molar-refractivity contribution in [2.24, 2.45) is 29.1 Å². The van der Waals surface area contributed by atoms with E-state index in [-0.39, 0.29) is 107 Å². The molecule has 0 unspecified atom stereocenters. The summed E-state index contributed by atoms with van der Waals surface area (Å²) in [7, 11) is 0. The quantitative estimate of drug-likeness (QED) is 0.0930. The molecule has 3 fully saturated rings. The number of cyclic esters (lactones) is 1. The molecule has 372 valence electrons. The lowest BCUT2D eigenvalue weighted by Crippen LogP contribution is -2.59. The predicted molar refractivity (Wildman–Crippen MR) is 251 cm³/mol. The van der Waals surface area contributed by atoms with Crippen LogP contribution in [0.4, 0.5) is 9.18 Å². The zero-order valence-electron chi connectivity index (χ0n) is 40.0. The number of esters is 1. The van der Waals surface area contributed by atoms with Crippen LogP contribution in [0.5, 0.6) is 5.75 Å². The zero-order valence-corrected chi connectivity index (χ0v) is 40.8. The molecule has 7 rings (SSSR count). The van der Waals surface area contributed by atoms with E-state index in [1.807, 2.05) is 25.1 Å². The van der Waals surface area contributed by atoms with Crippen LogP contribution in [-0.4, -0.2) is 125 Å². The monoisotopic (exact) mass is 965 g/mol. The van der Waals surface area contributed by atoms with Crippen LogP contribution in [0.25, 0.3) is 10.4 Å². The summed E-state index contributed by atoms with van der Waals surface area (Å²) >= 11 is 1.49. The summed E-state index contributed by atoms with van der Waals surface area (Å²) in [6, 6.07) is 3.49. The molecule has 0 radical (unpaired) electrons. The maximum atomic E-state index is 14.6. The van der Waals surface area contributed by atoms with Crippen molar-refractivity contribution in [2.75, 3.05) is 32.9 Å². The third-order valence-corrected chi connectivity index (χ3v) is 14.8. The summed E-state index contributed by atoms with van der Waals surface area (Å²) in [6.45, 7) is 12.1. The van der Waals surface area contributed by atoms with Gasteiger partial charge < -0.3 is 50.0 Å². The molecule has 4 amide bonds. The molecule has 1 aromatic carbocycles. The fourth-order valence-corrected chi connectivity index (χ4v) is 10.7. The lowest BCUT2D eigenvalue weighted by molar-refractivity contribution is -0.160. The van der Waals surface area contributed by atoms with E-state index in [0.29, 0.717) is 30.6 Å². The number of nitrogens with one attached hydrogen (secondary N) is 3. The van der Waals surface area contributed by atoms with Crippen molar-refractivity contribution >= 4 is 41.1 Å². The van der Waals surface area contributed by atoms with Gasteiger partial charge in [-0.05, 0) is 79.4 Å². The predicted octanol–water partition coefficient (Wildman–Crippen LogP) is 5.47. The van der Waals surface area contributed by atoms with Gasteiger partial charge in [0.1, 0.15) is 36.6 Å². The molecule has 2 aliphatic heterocycles. The molecule has 10 atom stereocenters. The number of carbonyl (C=O) groups is 5. The van der Waals surface area contributed by atoms with Crippen molar-refractivity contribution in [1.82, 2.24) is 25.8 Å². The van der Waals surface area contributed by atoms with Crippen molar-refractivity contribution in [3.63, 3.8) is 0 Å². The van der Waals surface area contributed by atoms with Crippen LogP contribution in [-0.2, 0) is 39.9 Å². The molecule has 16 nitrogen and oxygen atoms in total. The number of benzene rings is 1. The lowest BCUT2D eigenvalue weighted by Gasteiger charge is -2.43. The van der Waals surface area contributed by atoms with Crippen LogP contribution < -0.4 is 20.7 Å². The Balaban J connectivity index is 0.906. The van der Waals surface area contributed by atoms with E-state index in [9.17, 15) is 38.6 Å². The van der Waals surface area contributed by atoms with Gasteiger partial charge in [0.2, 0.25) is 11.8 Å². The Morgan fingerprint density at radius 3 is 2.53 bits per heavy atom. The Hall–Kier alpha value is -4.91. The maximum Gasteiger partial charge on any atom is 0.407 e. The SMILES string of the molecule is Cc1ncsc1-c1ccc(CNC(=O)[C@@H]2C[C@@H](O)CN2C(=O)[C@@H](NC(=O)C2(F)CC2)C(C)(C)C)c(OCCOCCNC(=O)O[C@H]2C[C@@H](C)C=C3C=C[C@H](C)[C@H](CC[C@@H]4C[C@@H](O)CC(=O)O4)[C@H]32)c1. The maximum absolute atomic E-state index is 14.6. The fraction of sp³-hybridized carbons (Fsp3) is 0.640. The van der Waals surface area contributed by atoms with E-state index >= 15 is 0 Å². The number of alkyl halides is 1. The smallest absolute Gasteiger partial charge is 0.407 e. The number of aliphatic hydroxyl groups is 2. The summed E-state index contributed by atoms with van der Waals surface area (Å²) in [4.78, 5) is 72.2. The summed E-state index contributed by atoms with van der Waals surface area (Å²) in [5, 5.41) is 29.1. The fourth-order valence-electron chi connectivity index (χ4n) is 9.93. The first-order valence-electron chi connectivity index (χ1n) is 24.0. The molecule has 0 spiro atoms. The number of hydrogen-bond donors (Lipinski definition) is 5. The van der Waals surface area contributed by atoms with Crippen molar-refractivity contribution in [3.05, 3.63) is 58.8 Å². The van der Waals surface area contributed by atoms with Crippen molar-refractivity contribution in [2.45, 2.75) is 142 Å². The highest BCUT2D eigenvalue weighted by atomic mass is 32.1. The van der Waals surface area contributed by atoms with Crippen molar-refractivity contribution in [1.29, 1.82) is 0 Å². The number of nitrogens with zero attached hydrogens (tertiary/aromatic N) is 2. The van der Waals surface area contributed by atoms with E-state index in [1.54, 1.807) is 26.3 Å². The molecule has 5 aliphatic rings. The van der Waals surface area contributed by atoms with Gasteiger partial charge in [0.05, 0.1) is 47.9 Å². The van der Waals surface area contributed by atoms with Gasteiger partial charge in [-0.1, -0.05) is 65.0 Å². The van der Waals surface area contributed by atoms with E-state index < -0.39 is 59.2 Å². The van der Waals surface area contributed by atoms with Crippen LogP contribution in [0.1, 0.15) is 97.2 Å². The molecular formula is C50H68FN5O11S. The van der Waals surface area contributed by atoms with Gasteiger partial charge in [0, 0.05) is 44.0 Å². The summed E-state index contributed by atoms with van der Waals surface area (Å²) in [5.74, 6) is -1.19. The molecule has 2 saturated heterocycles. The van der Waals surface area contributed by atoms with Crippen LogP contribution >= 0.6 is 11.3 Å². The number of alkyl carbamates (subject to hydrolysis) is 1. The van der Waals surface area contributed by atoms with E-state index in [0.717, 1.165) is 28.1 Å². The second-order valence-electron chi connectivity index (χ2n) is 20.3. The Labute approximate surface area is 401 Å². The third-order valence-electron chi connectivity index (χ3n) is 13.8. The number of β-amino-alcohol motifs (C(OH)–C–C–N with tert-alkyl or cyclic N) is 1. The first-order valence-corrected chi connectivity index (χ1v) is 24.9. The molecule has 2 aromatic rings. The minimum absolute atomic E-state index is 0.00335.